The Kier molecular flexibility index (Phi) is 7.12. The lowest BCUT2D eigenvalue weighted by atomic mass is 10.1. The van der Waals surface area contributed by atoms with Crippen LogP contribution >= 0.6 is 0 Å². The van der Waals surface area contributed by atoms with Crippen LogP contribution in [0, 0.1) is 21.4 Å². The minimum atomic E-state index is -0.656. The third-order valence-corrected chi connectivity index (χ3v) is 4.16. The van der Waals surface area contributed by atoms with E-state index in [9.17, 15) is 20.2 Å². The van der Waals surface area contributed by atoms with Gasteiger partial charge in [-0.2, -0.15) is 5.26 Å². The van der Waals surface area contributed by atoms with E-state index in [0.29, 0.717) is 37.4 Å². The number of anilines is 1. The number of rotatable bonds is 9. The number of nitro benzene ring substituents is 1. The second-order valence-electron chi connectivity index (χ2n) is 6.01. The van der Waals surface area contributed by atoms with Gasteiger partial charge in [-0.05, 0) is 25.0 Å². The Hall–Kier alpha value is -3.38. The quantitative estimate of drug-likeness (QED) is 0.303. The van der Waals surface area contributed by atoms with Crippen molar-refractivity contribution in [3.8, 4) is 17.3 Å². The van der Waals surface area contributed by atoms with Gasteiger partial charge in [0, 0.05) is 37.5 Å². The van der Waals surface area contributed by atoms with E-state index >= 15 is 0 Å². The minimum absolute atomic E-state index is 0.0252. The summed E-state index contributed by atoms with van der Waals surface area (Å²) in [4.78, 5) is 22.7. The summed E-state index contributed by atoms with van der Waals surface area (Å²) in [5.74, 6) is -0.656. The molecule has 9 nitrogen and oxygen atoms in total. The van der Waals surface area contributed by atoms with Crippen LogP contribution in [0.1, 0.15) is 35.8 Å². The highest BCUT2D eigenvalue weighted by Gasteiger charge is 2.27. The normalized spacial score (nSPS) is 10.5. The first kappa shape index (κ1) is 20.9. The number of carbonyl (C=O) groups is 1. The summed E-state index contributed by atoms with van der Waals surface area (Å²) in [6.07, 6.45) is 1.49. The van der Waals surface area contributed by atoms with Crippen LogP contribution in [0.2, 0.25) is 0 Å². The lowest BCUT2D eigenvalue weighted by Gasteiger charge is -2.13. The molecule has 0 bridgehead atoms. The molecule has 0 aliphatic carbocycles. The average Bonchev–Trinajstić information content (AvgIpc) is 2.98. The van der Waals surface area contributed by atoms with Crippen LogP contribution in [0.5, 0.6) is 0 Å². The molecule has 0 radical (unpaired) electrons. The van der Waals surface area contributed by atoms with Crippen molar-refractivity contribution in [1.82, 2.24) is 4.57 Å². The van der Waals surface area contributed by atoms with Crippen molar-refractivity contribution >= 4 is 17.3 Å². The topological polar surface area (TPSA) is 133 Å². The molecule has 0 spiro atoms. The first-order valence-corrected chi connectivity index (χ1v) is 8.79. The number of nitrogens with two attached hydrogens (primary N) is 1. The molecule has 1 heterocycles. The number of nitriles is 1. The number of hydrogen-bond acceptors (Lipinski definition) is 7. The van der Waals surface area contributed by atoms with Crippen LogP contribution in [-0.2, 0) is 16.0 Å². The van der Waals surface area contributed by atoms with Gasteiger partial charge in [-0.1, -0.05) is 6.92 Å². The number of ether oxygens (including phenoxy) is 2. The molecular formula is C19H22N4O5. The van der Waals surface area contributed by atoms with E-state index in [-0.39, 0.29) is 22.6 Å². The maximum atomic E-state index is 12.3. The maximum absolute atomic E-state index is 12.3. The average molecular weight is 386 g/mol. The highest BCUT2D eigenvalue weighted by molar-refractivity contribution is 5.98. The summed E-state index contributed by atoms with van der Waals surface area (Å²) in [6.45, 7) is 3.49. The van der Waals surface area contributed by atoms with Gasteiger partial charge in [0.1, 0.15) is 11.6 Å². The Balaban J connectivity index is 2.53. The number of non-ortho nitro benzene ring substituents is 1. The molecule has 0 saturated carbocycles. The fraction of sp³-hybridized carbons (Fsp3) is 0.368. The predicted octanol–water partition coefficient (Wildman–Crippen LogP) is 3.12. The Morgan fingerprint density at radius 2 is 2.00 bits per heavy atom. The molecule has 0 saturated heterocycles. The van der Waals surface area contributed by atoms with Gasteiger partial charge in [0.2, 0.25) is 0 Å². The third kappa shape index (κ3) is 4.29. The first-order chi connectivity index (χ1) is 13.5. The molecule has 28 heavy (non-hydrogen) atoms. The number of aromatic nitrogens is 1. The zero-order valence-corrected chi connectivity index (χ0v) is 15.8. The van der Waals surface area contributed by atoms with E-state index in [4.69, 9.17) is 15.2 Å². The predicted molar refractivity (Wildman–Crippen MR) is 103 cm³/mol. The zero-order valence-electron chi connectivity index (χ0n) is 15.8. The van der Waals surface area contributed by atoms with Gasteiger partial charge >= 0.3 is 5.97 Å². The zero-order chi connectivity index (χ0) is 20.7. The van der Waals surface area contributed by atoms with Gasteiger partial charge in [-0.3, -0.25) is 10.1 Å². The Bertz CT molecular complexity index is 897. The molecule has 0 unspecified atom stereocenters. The van der Waals surface area contributed by atoms with Gasteiger partial charge in [0.05, 0.1) is 23.4 Å². The van der Waals surface area contributed by atoms with Crippen LogP contribution in [0.25, 0.3) is 11.3 Å². The van der Waals surface area contributed by atoms with Crippen molar-refractivity contribution in [1.29, 1.82) is 5.26 Å². The van der Waals surface area contributed by atoms with E-state index in [0.717, 1.165) is 6.42 Å². The smallest absolute Gasteiger partial charge is 0.356 e. The van der Waals surface area contributed by atoms with Crippen LogP contribution in [-0.4, -0.2) is 35.8 Å². The molecule has 0 aliphatic rings. The fourth-order valence-electron chi connectivity index (χ4n) is 2.90. The SMILES string of the molecule is CCCOCCCn1c(C(=O)OC)c(N)c(C#N)c1-c1ccc([N+](=O)[O-])cc1. The summed E-state index contributed by atoms with van der Waals surface area (Å²) in [7, 11) is 1.24. The fourth-order valence-corrected chi connectivity index (χ4v) is 2.90. The second-order valence-corrected chi connectivity index (χ2v) is 6.01. The van der Waals surface area contributed by atoms with Crippen LogP contribution in [0.4, 0.5) is 11.4 Å². The molecule has 0 amide bonds. The number of nitrogens with zero attached hydrogens (tertiary/aromatic N) is 3. The van der Waals surface area contributed by atoms with Gasteiger partial charge in [-0.25, -0.2) is 4.79 Å². The Labute approximate surface area is 162 Å². The molecule has 0 aliphatic heterocycles. The van der Waals surface area contributed by atoms with Crippen molar-refractivity contribution in [2.24, 2.45) is 0 Å². The number of methoxy groups -OCH3 is 1. The van der Waals surface area contributed by atoms with E-state index < -0.39 is 10.9 Å². The molecule has 148 valence electrons. The standard InChI is InChI=1S/C19H22N4O5/c1-3-10-28-11-4-9-22-17(13-5-7-14(8-6-13)23(25)26)15(12-20)16(21)18(22)19(24)27-2/h5-8H,3-4,9-11,21H2,1-2H3. The monoisotopic (exact) mass is 386 g/mol. The largest absolute Gasteiger partial charge is 0.464 e. The Morgan fingerprint density at radius 1 is 1.32 bits per heavy atom. The van der Waals surface area contributed by atoms with Crippen molar-refractivity contribution in [3.63, 3.8) is 0 Å². The van der Waals surface area contributed by atoms with Gasteiger partial charge in [-0.15, -0.1) is 0 Å². The molecule has 1 aromatic heterocycles. The molecule has 2 N–H and O–H groups in total. The number of benzene rings is 1. The highest BCUT2D eigenvalue weighted by Crippen LogP contribution is 2.34. The van der Waals surface area contributed by atoms with Gasteiger partial charge in [0.25, 0.3) is 5.69 Å². The summed E-state index contributed by atoms with van der Waals surface area (Å²) in [6, 6.07) is 7.76. The van der Waals surface area contributed by atoms with Crippen LogP contribution < -0.4 is 5.73 Å². The summed E-state index contributed by atoms with van der Waals surface area (Å²) >= 11 is 0. The third-order valence-electron chi connectivity index (χ3n) is 4.16. The van der Waals surface area contributed by atoms with E-state index in [1.54, 1.807) is 4.57 Å². The Morgan fingerprint density at radius 3 is 2.54 bits per heavy atom. The molecule has 0 fully saturated rings. The number of esters is 1. The number of nitro groups is 1. The number of carbonyl (C=O) groups excluding carboxylic acids is 1. The minimum Gasteiger partial charge on any atom is -0.464 e. The molecule has 2 rings (SSSR count). The highest BCUT2D eigenvalue weighted by atomic mass is 16.6. The van der Waals surface area contributed by atoms with E-state index in [2.05, 4.69) is 0 Å². The summed E-state index contributed by atoms with van der Waals surface area (Å²) < 4.78 is 11.9. The second kappa shape index (κ2) is 9.53. The van der Waals surface area contributed by atoms with Gasteiger partial charge < -0.3 is 19.8 Å². The lowest BCUT2D eigenvalue weighted by Crippen LogP contribution is -2.14. The molecular weight excluding hydrogens is 364 g/mol. The van der Waals surface area contributed by atoms with E-state index in [1.807, 2.05) is 13.0 Å². The van der Waals surface area contributed by atoms with Crippen molar-refractivity contribution in [2.75, 3.05) is 26.1 Å². The van der Waals surface area contributed by atoms with Crippen LogP contribution in [0.3, 0.4) is 0 Å². The summed E-state index contributed by atoms with van der Waals surface area (Å²) in [5, 5.41) is 20.5. The van der Waals surface area contributed by atoms with Crippen molar-refractivity contribution < 1.29 is 19.2 Å². The molecule has 9 heteroatoms. The molecule has 1 aromatic carbocycles. The number of hydrogen-bond donors (Lipinski definition) is 1. The lowest BCUT2D eigenvalue weighted by molar-refractivity contribution is -0.384. The maximum Gasteiger partial charge on any atom is 0.356 e. The molecule has 0 atom stereocenters. The van der Waals surface area contributed by atoms with Crippen molar-refractivity contribution in [2.45, 2.75) is 26.3 Å². The van der Waals surface area contributed by atoms with Crippen LogP contribution in [0.15, 0.2) is 24.3 Å². The first-order valence-electron chi connectivity index (χ1n) is 8.79. The number of nitrogen functional groups attached to an aromatic ring is 1. The van der Waals surface area contributed by atoms with Crippen molar-refractivity contribution in [3.05, 3.63) is 45.6 Å². The van der Waals surface area contributed by atoms with Gasteiger partial charge in [0.15, 0.2) is 5.69 Å². The van der Waals surface area contributed by atoms with E-state index in [1.165, 1.54) is 31.4 Å². The molecule has 2 aromatic rings. The summed E-state index contributed by atoms with van der Waals surface area (Å²) in [5.41, 5.74) is 7.20.